The minimum absolute atomic E-state index is 0.0429. The van der Waals surface area contributed by atoms with Gasteiger partial charge in [0.05, 0.1) is 28.9 Å². The number of thiazole rings is 1. The molecule has 0 aliphatic carbocycles. The molecule has 4 rings (SSSR count). The van der Waals surface area contributed by atoms with E-state index in [9.17, 15) is 4.79 Å². The van der Waals surface area contributed by atoms with Crippen LogP contribution in [-0.4, -0.2) is 21.5 Å². The van der Waals surface area contributed by atoms with Crippen molar-refractivity contribution in [2.45, 2.75) is 13.2 Å². The molecule has 0 amide bonds. The van der Waals surface area contributed by atoms with Gasteiger partial charge < -0.3 is 4.57 Å². The van der Waals surface area contributed by atoms with Crippen molar-refractivity contribution in [1.82, 2.24) is 14.5 Å². The van der Waals surface area contributed by atoms with Crippen LogP contribution >= 0.6 is 27.3 Å². The Morgan fingerprint density at radius 2 is 2.00 bits per heavy atom. The topological polar surface area (TPSA) is 38.1 Å². The van der Waals surface area contributed by atoms with E-state index in [0.717, 1.165) is 32.4 Å². The highest BCUT2D eigenvalue weighted by Gasteiger charge is 2.10. The highest BCUT2D eigenvalue weighted by Crippen LogP contribution is 2.24. The van der Waals surface area contributed by atoms with Crippen LogP contribution in [0.2, 0.25) is 0 Å². The van der Waals surface area contributed by atoms with Gasteiger partial charge in [0.15, 0.2) is 5.43 Å². The Balaban J connectivity index is 1.62. The fourth-order valence-corrected chi connectivity index (χ4v) is 4.62. The number of nitrogens with zero attached hydrogens (tertiary/aromatic N) is 3. The summed E-state index contributed by atoms with van der Waals surface area (Å²) in [5, 5.41) is 1.82. The highest BCUT2D eigenvalue weighted by atomic mass is 79.9. The molecule has 6 heteroatoms. The average molecular weight is 414 g/mol. The van der Waals surface area contributed by atoms with E-state index in [1.165, 1.54) is 4.70 Å². The molecule has 0 fully saturated rings. The highest BCUT2D eigenvalue weighted by molar-refractivity contribution is 9.10. The number of benzene rings is 2. The van der Waals surface area contributed by atoms with Crippen molar-refractivity contribution >= 4 is 48.4 Å². The van der Waals surface area contributed by atoms with Gasteiger partial charge in [-0.05, 0) is 47.2 Å². The predicted molar refractivity (Wildman–Crippen MR) is 107 cm³/mol. The van der Waals surface area contributed by atoms with E-state index in [0.29, 0.717) is 6.67 Å². The Kier molecular flexibility index (Phi) is 4.41. The third-order valence-electron chi connectivity index (χ3n) is 4.08. The maximum Gasteiger partial charge on any atom is 0.189 e. The minimum atomic E-state index is 0.0429. The zero-order valence-electron chi connectivity index (χ0n) is 13.6. The van der Waals surface area contributed by atoms with Crippen LogP contribution in [0.5, 0.6) is 0 Å². The Morgan fingerprint density at radius 1 is 1.16 bits per heavy atom. The Hall–Kier alpha value is -2.02. The number of hydrogen-bond donors (Lipinski definition) is 0. The lowest BCUT2D eigenvalue weighted by molar-refractivity contribution is 0.264. The van der Waals surface area contributed by atoms with Gasteiger partial charge in [0.2, 0.25) is 0 Å². The molecule has 25 heavy (non-hydrogen) atoms. The van der Waals surface area contributed by atoms with Gasteiger partial charge in [-0.3, -0.25) is 9.69 Å². The first-order valence-electron chi connectivity index (χ1n) is 7.92. The second kappa shape index (κ2) is 6.71. The van der Waals surface area contributed by atoms with Gasteiger partial charge in [-0.25, -0.2) is 4.98 Å². The van der Waals surface area contributed by atoms with Gasteiger partial charge in [0, 0.05) is 22.1 Å². The van der Waals surface area contributed by atoms with Crippen LogP contribution in [0.15, 0.2) is 64.0 Å². The third-order valence-corrected chi connectivity index (χ3v) is 5.74. The lowest BCUT2D eigenvalue weighted by Crippen LogP contribution is -2.23. The molecular formula is C19H16BrN3OS. The van der Waals surface area contributed by atoms with E-state index in [4.69, 9.17) is 4.98 Å². The summed E-state index contributed by atoms with van der Waals surface area (Å²) >= 11 is 5.30. The molecule has 0 N–H and O–H groups in total. The smallest absolute Gasteiger partial charge is 0.189 e. The van der Waals surface area contributed by atoms with E-state index >= 15 is 0 Å². The summed E-state index contributed by atoms with van der Waals surface area (Å²) in [6, 6.07) is 15.5. The first-order valence-corrected chi connectivity index (χ1v) is 9.53. The largest absolute Gasteiger partial charge is 0.333 e. The van der Waals surface area contributed by atoms with E-state index < -0.39 is 0 Å². The van der Waals surface area contributed by atoms with Crippen LogP contribution in [0.3, 0.4) is 0 Å². The molecule has 0 saturated carbocycles. The van der Waals surface area contributed by atoms with Crippen LogP contribution in [0.25, 0.3) is 21.1 Å². The molecule has 2 heterocycles. The SMILES string of the molecule is CN(Cc1nc2ccccc2s1)Cn1ccc(=O)c2cccc(Br)c21. The zero-order valence-corrected chi connectivity index (χ0v) is 16.0. The average Bonchev–Trinajstić information content (AvgIpc) is 2.99. The second-order valence-corrected chi connectivity index (χ2v) is 7.99. The second-order valence-electron chi connectivity index (χ2n) is 6.02. The number of rotatable bonds is 4. The summed E-state index contributed by atoms with van der Waals surface area (Å²) in [7, 11) is 2.06. The van der Waals surface area contributed by atoms with Crippen LogP contribution < -0.4 is 5.43 Å². The fraction of sp³-hybridized carbons (Fsp3) is 0.158. The van der Waals surface area contributed by atoms with Crippen molar-refractivity contribution < 1.29 is 0 Å². The van der Waals surface area contributed by atoms with Gasteiger partial charge in [-0.1, -0.05) is 18.2 Å². The van der Waals surface area contributed by atoms with Crippen LogP contribution in [0.4, 0.5) is 0 Å². The first-order chi connectivity index (χ1) is 12.1. The number of fused-ring (bicyclic) bond motifs is 2. The molecule has 0 bridgehead atoms. The first kappa shape index (κ1) is 16.4. The maximum atomic E-state index is 12.1. The fourth-order valence-electron chi connectivity index (χ4n) is 2.97. The lowest BCUT2D eigenvalue weighted by atomic mass is 10.2. The van der Waals surface area contributed by atoms with Crippen molar-refractivity contribution in [2.24, 2.45) is 0 Å². The molecule has 0 spiro atoms. The van der Waals surface area contributed by atoms with Crippen LogP contribution in [0.1, 0.15) is 5.01 Å². The molecule has 0 atom stereocenters. The summed E-state index contributed by atoms with van der Waals surface area (Å²) in [5.41, 5.74) is 2.01. The lowest BCUT2D eigenvalue weighted by Gasteiger charge is -2.19. The van der Waals surface area contributed by atoms with Gasteiger partial charge in [-0.2, -0.15) is 0 Å². The molecule has 4 nitrogen and oxygen atoms in total. The molecule has 0 radical (unpaired) electrons. The van der Waals surface area contributed by atoms with Crippen molar-refractivity contribution in [3.8, 4) is 0 Å². The summed E-state index contributed by atoms with van der Waals surface area (Å²) in [6.07, 6.45) is 1.85. The van der Waals surface area contributed by atoms with E-state index in [1.807, 2.05) is 42.6 Å². The Labute approximate surface area is 157 Å². The number of aromatic nitrogens is 2. The monoisotopic (exact) mass is 413 g/mol. The zero-order chi connectivity index (χ0) is 17.4. The number of halogens is 1. The molecule has 0 unspecified atom stereocenters. The molecular weight excluding hydrogens is 398 g/mol. The number of pyridine rings is 1. The van der Waals surface area contributed by atoms with Crippen molar-refractivity contribution in [3.05, 3.63) is 74.4 Å². The molecule has 0 aliphatic rings. The molecule has 126 valence electrons. The van der Waals surface area contributed by atoms with Crippen LogP contribution in [-0.2, 0) is 13.2 Å². The van der Waals surface area contributed by atoms with Crippen molar-refractivity contribution in [1.29, 1.82) is 0 Å². The summed E-state index contributed by atoms with van der Waals surface area (Å²) in [6.45, 7) is 1.44. The van der Waals surface area contributed by atoms with E-state index in [2.05, 4.69) is 38.5 Å². The minimum Gasteiger partial charge on any atom is -0.333 e. The van der Waals surface area contributed by atoms with Crippen molar-refractivity contribution in [3.63, 3.8) is 0 Å². The Bertz CT molecular complexity index is 1090. The quantitative estimate of drug-likeness (QED) is 0.495. The maximum absolute atomic E-state index is 12.1. The molecule has 2 aromatic heterocycles. The van der Waals surface area contributed by atoms with Gasteiger partial charge >= 0.3 is 0 Å². The molecule has 0 aliphatic heterocycles. The normalized spacial score (nSPS) is 11.6. The van der Waals surface area contributed by atoms with Gasteiger partial charge in [0.25, 0.3) is 0 Å². The van der Waals surface area contributed by atoms with E-state index in [-0.39, 0.29) is 5.43 Å². The third kappa shape index (κ3) is 3.25. The standard InChI is InChI=1S/C19H16BrN3OS/c1-22(11-18-21-15-7-2-3-8-17(15)25-18)12-23-10-9-16(24)13-5-4-6-14(20)19(13)23/h2-10H,11-12H2,1H3. The van der Waals surface area contributed by atoms with Crippen molar-refractivity contribution in [2.75, 3.05) is 7.05 Å². The summed E-state index contributed by atoms with van der Waals surface area (Å²) in [5.74, 6) is 0. The number of hydrogen-bond acceptors (Lipinski definition) is 4. The summed E-state index contributed by atoms with van der Waals surface area (Å²) < 4.78 is 4.23. The van der Waals surface area contributed by atoms with Gasteiger partial charge in [-0.15, -0.1) is 11.3 Å². The van der Waals surface area contributed by atoms with Crippen LogP contribution in [0, 0.1) is 0 Å². The Morgan fingerprint density at radius 3 is 2.84 bits per heavy atom. The predicted octanol–water partition coefficient (Wildman–Crippen LogP) is 4.46. The summed E-state index contributed by atoms with van der Waals surface area (Å²) in [4.78, 5) is 19.0. The molecule has 4 aromatic rings. The van der Waals surface area contributed by atoms with Gasteiger partial charge in [0.1, 0.15) is 5.01 Å². The van der Waals surface area contributed by atoms with E-state index in [1.54, 1.807) is 17.4 Å². The number of para-hydroxylation sites is 2. The molecule has 0 saturated heterocycles. The molecule has 2 aromatic carbocycles.